The molecule has 0 spiro atoms. The van der Waals surface area contributed by atoms with Crippen LogP contribution in [-0.2, 0) is 4.74 Å². The second-order valence-corrected chi connectivity index (χ2v) is 3.05. The monoisotopic (exact) mass is 259 g/mol. The number of nitrogen functional groups attached to an aromatic ring is 1. The number of nitrogens with one attached hydrogen (secondary N) is 1. The molecule has 1 rings (SSSR count). The Morgan fingerprint density at radius 2 is 2.18 bits per heavy atom. The summed E-state index contributed by atoms with van der Waals surface area (Å²) in [5.41, 5.74) is 2.96. The van der Waals surface area contributed by atoms with Crippen molar-refractivity contribution in [3.63, 3.8) is 0 Å². The molecule has 0 aliphatic carbocycles. The lowest BCUT2D eigenvalue weighted by Crippen LogP contribution is -2.30. The van der Waals surface area contributed by atoms with Crippen LogP contribution in [0.2, 0.25) is 0 Å². The van der Waals surface area contributed by atoms with Crippen molar-refractivity contribution in [2.45, 2.75) is 13.8 Å². The lowest BCUT2D eigenvalue weighted by molar-refractivity contribution is 0.0525. The number of ether oxygens (including phenoxy) is 1. The van der Waals surface area contributed by atoms with Gasteiger partial charge in [0.05, 0.1) is 23.4 Å². The first-order valence-electron chi connectivity index (χ1n) is 4.74. The van der Waals surface area contributed by atoms with Gasteiger partial charge in [-0.05, 0) is 19.9 Å². The number of hydrogen-bond donors (Lipinski definition) is 2. The van der Waals surface area contributed by atoms with Gasteiger partial charge in [-0.25, -0.2) is 10.6 Å². The van der Waals surface area contributed by atoms with Gasteiger partial charge in [0.2, 0.25) is 0 Å². The molecule has 0 radical (unpaired) electrons. The Balaban J connectivity index is 0.00000256. The average molecular weight is 260 g/mol. The maximum absolute atomic E-state index is 11.5. The largest absolute Gasteiger partial charge is 0.462 e. The van der Waals surface area contributed by atoms with Gasteiger partial charge in [0.15, 0.2) is 0 Å². The normalized spacial score (nSPS) is 9.12. The van der Waals surface area contributed by atoms with Gasteiger partial charge < -0.3 is 4.74 Å². The van der Waals surface area contributed by atoms with E-state index in [0.29, 0.717) is 5.69 Å². The maximum atomic E-state index is 11.5. The number of nitrogens with zero attached hydrogens (tertiary/aromatic N) is 1. The molecule has 1 aromatic heterocycles. The number of aromatic nitrogens is 1. The molecule has 7 heteroatoms. The number of halogens is 1. The van der Waals surface area contributed by atoms with E-state index in [1.165, 1.54) is 12.3 Å². The highest BCUT2D eigenvalue weighted by Gasteiger charge is 2.14. The van der Waals surface area contributed by atoms with Crippen molar-refractivity contribution >= 4 is 24.3 Å². The summed E-state index contributed by atoms with van der Waals surface area (Å²) in [7, 11) is 0. The molecule has 0 aliphatic rings. The van der Waals surface area contributed by atoms with E-state index in [0.717, 1.165) is 0 Å². The summed E-state index contributed by atoms with van der Waals surface area (Å²) >= 11 is 0. The summed E-state index contributed by atoms with van der Waals surface area (Å²) in [6.07, 6.45) is 1.35. The molecular formula is C10H14ClN3O3. The highest BCUT2D eigenvalue weighted by atomic mass is 35.5. The fraction of sp³-hybridized carbons (Fsp3) is 0.300. The van der Waals surface area contributed by atoms with E-state index in [2.05, 4.69) is 4.98 Å². The zero-order chi connectivity index (χ0) is 12.1. The molecule has 17 heavy (non-hydrogen) atoms. The van der Waals surface area contributed by atoms with Gasteiger partial charge in [-0.15, -0.1) is 12.4 Å². The Labute approximate surface area is 105 Å². The number of carbonyl (C=O) groups excluding carboxylic acids is 2. The van der Waals surface area contributed by atoms with Crippen molar-refractivity contribution in [2.75, 3.05) is 6.61 Å². The van der Waals surface area contributed by atoms with Gasteiger partial charge in [-0.1, -0.05) is 0 Å². The first kappa shape index (κ1) is 15.3. The standard InChI is InChI=1S/C10H13N3O3.ClH/c1-3-16-10(15)8-4-7(9(14)13-11)5-12-6(8)2;/h4-5H,3,11H2,1-2H3,(H,13,14);1H. The third-order valence-corrected chi connectivity index (χ3v) is 1.98. The second-order valence-electron chi connectivity index (χ2n) is 3.05. The topological polar surface area (TPSA) is 94.3 Å². The molecule has 1 heterocycles. The molecular weight excluding hydrogens is 246 g/mol. The first-order chi connectivity index (χ1) is 7.60. The van der Waals surface area contributed by atoms with Crippen LogP contribution in [0.1, 0.15) is 33.3 Å². The third-order valence-electron chi connectivity index (χ3n) is 1.98. The molecule has 0 fully saturated rings. The molecule has 1 aromatic rings. The number of hydrazine groups is 1. The van der Waals surface area contributed by atoms with Crippen molar-refractivity contribution in [1.29, 1.82) is 0 Å². The summed E-state index contributed by atoms with van der Waals surface area (Å²) < 4.78 is 4.84. The minimum Gasteiger partial charge on any atom is -0.462 e. The van der Waals surface area contributed by atoms with Gasteiger partial charge in [-0.3, -0.25) is 15.2 Å². The average Bonchev–Trinajstić information content (AvgIpc) is 2.29. The zero-order valence-corrected chi connectivity index (χ0v) is 10.3. The number of nitrogens with two attached hydrogens (primary N) is 1. The number of carbonyl (C=O) groups is 2. The van der Waals surface area contributed by atoms with Crippen molar-refractivity contribution in [3.8, 4) is 0 Å². The van der Waals surface area contributed by atoms with E-state index < -0.39 is 11.9 Å². The molecule has 1 amide bonds. The molecule has 6 nitrogen and oxygen atoms in total. The fourth-order valence-electron chi connectivity index (χ4n) is 1.16. The lowest BCUT2D eigenvalue weighted by atomic mass is 10.1. The van der Waals surface area contributed by atoms with Gasteiger partial charge in [0, 0.05) is 6.20 Å². The summed E-state index contributed by atoms with van der Waals surface area (Å²) in [4.78, 5) is 26.7. The first-order valence-corrected chi connectivity index (χ1v) is 4.74. The highest BCUT2D eigenvalue weighted by molar-refractivity contribution is 5.97. The number of rotatable bonds is 3. The SMILES string of the molecule is CCOC(=O)c1cc(C(=O)NN)cnc1C.Cl. The fourth-order valence-corrected chi connectivity index (χ4v) is 1.16. The van der Waals surface area contributed by atoms with Gasteiger partial charge >= 0.3 is 5.97 Å². The molecule has 0 bridgehead atoms. The Hall–Kier alpha value is -1.66. The van der Waals surface area contributed by atoms with Crippen LogP contribution in [0.25, 0.3) is 0 Å². The predicted molar refractivity (Wildman–Crippen MR) is 63.8 cm³/mol. The molecule has 0 aromatic carbocycles. The molecule has 0 saturated heterocycles. The highest BCUT2D eigenvalue weighted by Crippen LogP contribution is 2.09. The Morgan fingerprint density at radius 3 is 2.71 bits per heavy atom. The van der Waals surface area contributed by atoms with Gasteiger partial charge in [0.25, 0.3) is 5.91 Å². The minimum absolute atomic E-state index is 0. The van der Waals surface area contributed by atoms with Crippen molar-refractivity contribution in [1.82, 2.24) is 10.4 Å². The van der Waals surface area contributed by atoms with E-state index >= 15 is 0 Å². The summed E-state index contributed by atoms with van der Waals surface area (Å²) in [5, 5.41) is 0. The number of esters is 1. The summed E-state index contributed by atoms with van der Waals surface area (Å²) in [6.45, 7) is 3.64. The second kappa shape index (κ2) is 6.82. The van der Waals surface area contributed by atoms with Crippen LogP contribution < -0.4 is 11.3 Å². The van der Waals surface area contributed by atoms with Gasteiger partial charge in [-0.2, -0.15) is 0 Å². The summed E-state index contributed by atoms with van der Waals surface area (Å²) in [5.74, 6) is 3.98. The van der Waals surface area contributed by atoms with E-state index in [9.17, 15) is 9.59 Å². The smallest absolute Gasteiger partial charge is 0.339 e. The Bertz CT molecular complexity index is 423. The van der Waals surface area contributed by atoms with Crippen LogP contribution >= 0.6 is 12.4 Å². The number of hydrogen-bond acceptors (Lipinski definition) is 5. The molecule has 0 aliphatic heterocycles. The van der Waals surface area contributed by atoms with Crippen LogP contribution in [0.5, 0.6) is 0 Å². The van der Waals surface area contributed by atoms with Crippen molar-refractivity contribution < 1.29 is 14.3 Å². The molecule has 0 atom stereocenters. The minimum atomic E-state index is -0.502. The van der Waals surface area contributed by atoms with E-state index in [1.54, 1.807) is 13.8 Å². The van der Waals surface area contributed by atoms with E-state index in [-0.39, 0.29) is 30.1 Å². The lowest BCUT2D eigenvalue weighted by Gasteiger charge is -2.06. The van der Waals surface area contributed by atoms with Crippen molar-refractivity contribution in [2.24, 2.45) is 5.84 Å². The van der Waals surface area contributed by atoms with Gasteiger partial charge in [0.1, 0.15) is 0 Å². The van der Waals surface area contributed by atoms with E-state index in [1.807, 2.05) is 5.43 Å². The summed E-state index contributed by atoms with van der Waals surface area (Å²) in [6, 6.07) is 1.41. The quantitative estimate of drug-likeness (QED) is 0.359. The molecule has 3 N–H and O–H groups in total. The molecule has 0 saturated carbocycles. The van der Waals surface area contributed by atoms with E-state index in [4.69, 9.17) is 10.6 Å². The van der Waals surface area contributed by atoms with Crippen LogP contribution in [-0.4, -0.2) is 23.5 Å². The molecule has 0 unspecified atom stereocenters. The maximum Gasteiger partial charge on any atom is 0.339 e. The third kappa shape index (κ3) is 3.69. The predicted octanol–water partition coefficient (Wildman–Crippen LogP) is 0.592. The Morgan fingerprint density at radius 1 is 1.53 bits per heavy atom. The van der Waals surface area contributed by atoms with Crippen LogP contribution in [0.15, 0.2) is 12.3 Å². The number of pyridine rings is 1. The van der Waals surface area contributed by atoms with Crippen molar-refractivity contribution in [3.05, 3.63) is 29.1 Å². The Kier molecular flexibility index (Phi) is 6.16. The number of amides is 1. The number of aryl methyl sites for hydroxylation is 1. The van der Waals surface area contributed by atoms with Crippen LogP contribution in [0.4, 0.5) is 0 Å². The zero-order valence-electron chi connectivity index (χ0n) is 9.52. The van der Waals surface area contributed by atoms with Crippen LogP contribution in [0, 0.1) is 6.92 Å². The molecule has 94 valence electrons. The van der Waals surface area contributed by atoms with Crippen LogP contribution in [0.3, 0.4) is 0 Å².